The summed E-state index contributed by atoms with van der Waals surface area (Å²) < 4.78 is 18.4. The lowest BCUT2D eigenvalue weighted by Gasteiger charge is -2.20. The Hall–Kier alpha value is -1.37. The molecule has 0 fully saturated rings. The zero-order valence-corrected chi connectivity index (χ0v) is 12.4. The maximum Gasteiger partial charge on any atom is 0.407 e. The number of aliphatic hydroxyl groups excluding tert-OH is 1. The molecule has 3 N–H and O–H groups in total. The number of ether oxygens (including phenoxy) is 1. The van der Waals surface area contributed by atoms with Gasteiger partial charge in [-0.05, 0) is 40.5 Å². The highest BCUT2D eigenvalue weighted by molar-refractivity contribution is 5.70. The molecule has 0 saturated heterocycles. The average Bonchev–Trinajstić information content (AvgIpc) is 2.30. The van der Waals surface area contributed by atoms with Gasteiger partial charge in [-0.1, -0.05) is 0 Å². The number of carboxylic acids is 1. The summed E-state index contributed by atoms with van der Waals surface area (Å²) in [5.74, 6) is -2.07. The molecule has 0 aliphatic heterocycles. The van der Waals surface area contributed by atoms with Gasteiger partial charge in [0.25, 0.3) is 0 Å². The summed E-state index contributed by atoms with van der Waals surface area (Å²) >= 11 is 0. The summed E-state index contributed by atoms with van der Waals surface area (Å²) in [4.78, 5) is 21.9. The van der Waals surface area contributed by atoms with Crippen LogP contribution < -0.4 is 5.32 Å². The van der Waals surface area contributed by atoms with Crippen molar-refractivity contribution in [2.75, 3.05) is 6.54 Å². The Morgan fingerprint density at radius 3 is 2.30 bits per heavy atom. The van der Waals surface area contributed by atoms with Gasteiger partial charge in [0.1, 0.15) is 11.8 Å². The molecule has 1 amide bonds. The van der Waals surface area contributed by atoms with Gasteiger partial charge in [0.15, 0.2) is 0 Å². The van der Waals surface area contributed by atoms with Crippen molar-refractivity contribution >= 4 is 12.1 Å². The van der Waals surface area contributed by atoms with Crippen LogP contribution in [0.3, 0.4) is 0 Å². The lowest BCUT2D eigenvalue weighted by atomic mass is 9.99. The second kappa shape index (κ2) is 8.04. The van der Waals surface area contributed by atoms with Crippen LogP contribution in [0.4, 0.5) is 9.18 Å². The number of nitrogens with one attached hydrogen (secondary N) is 1. The minimum absolute atomic E-state index is 0.0185. The molecule has 118 valence electrons. The van der Waals surface area contributed by atoms with Crippen LogP contribution in [0.25, 0.3) is 0 Å². The van der Waals surface area contributed by atoms with Gasteiger partial charge in [-0.15, -0.1) is 0 Å². The third kappa shape index (κ3) is 8.68. The fourth-order valence-electron chi connectivity index (χ4n) is 1.38. The quantitative estimate of drug-likeness (QED) is 0.664. The van der Waals surface area contributed by atoms with E-state index in [1.807, 2.05) is 0 Å². The summed E-state index contributed by atoms with van der Waals surface area (Å²) in [6.07, 6.45) is -3.19. The zero-order valence-electron chi connectivity index (χ0n) is 12.4. The Balaban J connectivity index is 3.92. The van der Waals surface area contributed by atoms with E-state index in [1.165, 1.54) is 6.92 Å². The molecule has 0 bridgehead atoms. The zero-order chi connectivity index (χ0) is 15.9. The van der Waals surface area contributed by atoms with Crippen molar-refractivity contribution in [1.29, 1.82) is 0 Å². The molecule has 20 heavy (non-hydrogen) atoms. The van der Waals surface area contributed by atoms with Crippen LogP contribution in [0.5, 0.6) is 0 Å². The van der Waals surface area contributed by atoms with Gasteiger partial charge >= 0.3 is 12.1 Å². The number of hydrogen-bond donors (Lipinski definition) is 3. The summed E-state index contributed by atoms with van der Waals surface area (Å²) in [6, 6.07) is 0. The highest BCUT2D eigenvalue weighted by Gasteiger charge is 2.23. The maximum absolute atomic E-state index is 13.5. The molecule has 0 spiro atoms. The van der Waals surface area contributed by atoms with Crippen LogP contribution in [0.1, 0.15) is 40.5 Å². The molecule has 0 radical (unpaired) electrons. The molecule has 2 unspecified atom stereocenters. The molecule has 0 aliphatic carbocycles. The topological polar surface area (TPSA) is 95.9 Å². The highest BCUT2D eigenvalue weighted by Crippen LogP contribution is 2.12. The molecule has 0 rings (SSSR count). The Morgan fingerprint density at radius 2 is 1.85 bits per heavy atom. The minimum atomic E-state index is -1.36. The maximum atomic E-state index is 13.5. The first-order valence-electron chi connectivity index (χ1n) is 6.54. The van der Waals surface area contributed by atoms with Crippen LogP contribution in [-0.4, -0.2) is 46.7 Å². The number of aliphatic carboxylic acids is 1. The number of carbonyl (C=O) groups excluding carboxylic acids is 1. The number of rotatable bonds is 7. The normalized spacial score (nSPS) is 16.1. The van der Waals surface area contributed by atoms with E-state index in [9.17, 15) is 19.1 Å². The molecule has 0 aromatic heterocycles. The fraction of sp³-hybridized carbons (Fsp3) is 0.846. The van der Waals surface area contributed by atoms with Crippen molar-refractivity contribution in [2.45, 2.75) is 58.4 Å². The molecule has 0 aromatic carbocycles. The van der Waals surface area contributed by atoms with E-state index < -0.39 is 35.9 Å². The average molecular weight is 293 g/mol. The molecular formula is C13H24FNO5. The van der Waals surface area contributed by atoms with Gasteiger partial charge in [0, 0.05) is 0 Å². The Kier molecular flexibility index (Phi) is 7.49. The Morgan fingerprint density at radius 1 is 1.30 bits per heavy atom. The van der Waals surface area contributed by atoms with E-state index in [1.54, 1.807) is 20.8 Å². The second-order valence-electron chi connectivity index (χ2n) is 5.75. The molecule has 0 aromatic rings. The summed E-state index contributed by atoms with van der Waals surface area (Å²) in [5.41, 5.74) is -0.650. The van der Waals surface area contributed by atoms with E-state index >= 15 is 0 Å². The molecular weight excluding hydrogens is 269 g/mol. The molecule has 0 heterocycles. The standard InChI is InChI=1S/C13H24FNO5/c1-8(11(17)18)10(16)6-5-9(14)7-15-12(19)20-13(2,3)4/h8-10,16H,5-7H2,1-4H3,(H,15,19)(H,17,18)/t8-,9?,10?/m1/s1. The van der Waals surface area contributed by atoms with Gasteiger partial charge in [0.05, 0.1) is 18.6 Å². The first-order valence-corrected chi connectivity index (χ1v) is 6.54. The molecule has 0 saturated carbocycles. The van der Waals surface area contributed by atoms with E-state index in [2.05, 4.69) is 5.32 Å². The van der Waals surface area contributed by atoms with Crippen molar-refractivity contribution in [2.24, 2.45) is 5.92 Å². The van der Waals surface area contributed by atoms with E-state index in [0.29, 0.717) is 0 Å². The lowest BCUT2D eigenvalue weighted by molar-refractivity contribution is -0.145. The van der Waals surface area contributed by atoms with E-state index in [-0.39, 0.29) is 19.4 Å². The van der Waals surface area contributed by atoms with E-state index in [0.717, 1.165) is 0 Å². The van der Waals surface area contributed by atoms with Gasteiger partial charge in [-0.2, -0.15) is 0 Å². The van der Waals surface area contributed by atoms with Crippen LogP contribution >= 0.6 is 0 Å². The lowest BCUT2D eigenvalue weighted by Crippen LogP contribution is -2.36. The van der Waals surface area contributed by atoms with Gasteiger partial charge in [0.2, 0.25) is 0 Å². The van der Waals surface area contributed by atoms with Crippen LogP contribution in [-0.2, 0) is 9.53 Å². The fourth-order valence-corrected chi connectivity index (χ4v) is 1.38. The smallest absolute Gasteiger partial charge is 0.407 e. The summed E-state index contributed by atoms with van der Waals surface area (Å²) in [5, 5.41) is 20.5. The van der Waals surface area contributed by atoms with Crippen LogP contribution in [0.15, 0.2) is 0 Å². The predicted molar refractivity (Wildman–Crippen MR) is 71.2 cm³/mol. The van der Waals surface area contributed by atoms with Gasteiger partial charge < -0.3 is 20.3 Å². The Labute approximate surface area is 118 Å². The number of carbonyl (C=O) groups is 2. The first kappa shape index (κ1) is 18.6. The molecule has 0 aliphatic rings. The number of amides is 1. The second-order valence-corrected chi connectivity index (χ2v) is 5.75. The highest BCUT2D eigenvalue weighted by atomic mass is 19.1. The molecule has 6 nitrogen and oxygen atoms in total. The van der Waals surface area contributed by atoms with Crippen molar-refractivity contribution in [3.05, 3.63) is 0 Å². The van der Waals surface area contributed by atoms with E-state index in [4.69, 9.17) is 9.84 Å². The number of carboxylic acid groups (broad SMARTS) is 1. The number of alkyl halides is 1. The number of halogens is 1. The summed E-state index contributed by atoms with van der Waals surface area (Å²) in [6.45, 7) is 6.22. The predicted octanol–water partition coefficient (Wildman–Crippen LogP) is 1.71. The van der Waals surface area contributed by atoms with Crippen molar-refractivity contribution < 1.29 is 28.9 Å². The molecule has 3 atom stereocenters. The minimum Gasteiger partial charge on any atom is -0.481 e. The number of alkyl carbamates (subject to hydrolysis) is 1. The number of hydrogen-bond acceptors (Lipinski definition) is 4. The monoisotopic (exact) mass is 293 g/mol. The van der Waals surface area contributed by atoms with Gasteiger partial charge in [-0.3, -0.25) is 4.79 Å². The van der Waals surface area contributed by atoms with Crippen molar-refractivity contribution in [3.63, 3.8) is 0 Å². The van der Waals surface area contributed by atoms with Crippen LogP contribution in [0, 0.1) is 5.92 Å². The van der Waals surface area contributed by atoms with Crippen molar-refractivity contribution in [1.82, 2.24) is 5.32 Å². The largest absolute Gasteiger partial charge is 0.481 e. The first-order chi connectivity index (χ1) is 9.03. The number of aliphatic hydroxyl groups is 1. The molecule has 7 heteroatoms. The third-order valence-corrected chi connectivity index (χ3v) is 2.61. The van der Waals surface area contributed by atoms with Gasteiger partial charge in [-0.25, -0.2) is 9.18 Å². The van der Waals surface area contributed by atoms with Crippen LogP contribution in [0.2, 0.25) is 0 Å². The third-order valence-electron chi connectivity index (χ3n) is 2.61. The SMILES string of the molecule is C[C@@H](C(=O)O)C(O)CCC(F)CNC(=O)OC(C)(C)C. The van der Waals surface area contributed by atoms with Crippen molar-refractivity contribution in [3.8, 4) is 0 Å². The summed E-state index contributed by atoms with van der Waals surface area (Å²) in [7, 11) is 0. The Bertz CT molecular complexity index is 329.